The van der Waals surface area contributed by atoms with E-state index in [1.165, 1.54) is 18.9 Å². The Labute approximate surface area is 122 Å². The molecule has 114 valence electrons. The summed E-state index contributed by atoms with van der Waals surface area (Å²) in [7, 11) is 0. The largest absolute Gasteiger partial charge is 0.475 e. The van der Waals surface area contributed by atoms with Crippen molar-refractivity contribution in [2.45, 2.75) is 38.3 Å². The number of fused-ring (bicyclic) bond motifs is 1. The first-order valence-electron chi connectivity index (χ1n) is 7.31. The SMILES string of the molecule is CC1CN2CCCCC2CN1C(=O)c1cc(C(=O)O)on1. The lowest BCUT2D eigenvalue weighted by molar-refractivity contribution is 0.0145. The third kappa shape index (κ3) is 2.65. The van der Waals surface area contributed by atoms with Gasteiger partial charge in [-0.25, -0.2) is 4.79 Å². The van der Waals surface area contributed by atoms with Gasteiger partial charge in [0.25, 0.3) is 5.91 Å². The minimum absolute atomic E-state index is 0.0727. The van der Waals surface area contributed by atoms with Crippen molar-refractivity contribution in [2.75, 3.05) is 19.6 Å². The monoisotopic (exact) mass is 293 g/mol. The number of carboxylic acid groups (broad SMARTS) is 1. The summed E-state index contributed by atoms with van der Waals surface area (Å²) in [5, 5.41) is 12.4. The second-order valence-corrected chi connectivity index (χ2v) is 5.83. The molecular formula is C14H19N3O4. The molecule has 2 aliphatic rings. The van der Waals surface area contributed by atoms with Crippen LogP contribution >= 0.6 is 0 Å². The smallest absolute Gasteiger partial charge is 0.374 e. The number of nitrogens with zero attached hydrogens (tertiary/aromatic N) is 3. The highest BCUT2D eigenvalue weighted by molar-refractivity contribution is 5.95. The number of piperidine rings is 1. The van der Waals surface area contributed by atoms with E-state index in [2.05, 4.69) is 14.6 Å². The predicted octanol–water partition coefficient (Wildman–Crippen LogP) is 1.07. The van der Waals surface area contributed by atoms with Crippen LogP contribution in [0.4, 0.5) is 0 Å². The number of hydrogen-bond donors (Lipinski definition) is 1. The molecule has 0 radical (unpaired) electrons. The van der Waals surface area contributed by atoms with Gasteiger partial charge in [-0.1, -0.05) is 11.6 Å². The minimum atomic E-state index is -1.22. The van der Waals surface area contributed by atoms with Crippen LogP contribution in [0.1, 0.15) is 47.2 Å². The second-order valence-electron chi connectivity index (χ2n) is 5.83. The normalized spacial score (nSPS) is 26.4. The van der Waals surface area contributed by atoms with Crippen LogP contribution < -0.4 is 0 Å². The Kier molecular flexibility index (Phi) is 3.67. The molecule has 2 aliphatic heterocycles. The molecule has 0 saturated carbocycles. The van der Waals surface area contributed by atoms with E-state index in [-0.39, 0.29) is 23.4 Å². The molecule has 2 atom stereocenters. The average molecular weight is 293 g/mol. The summed E-state index contributed by atoms with van der Waals surface area (Å²) in [4.78, 5) is 27.5. The Morgan fingerprint density at radius 1 is 1.38 bits per heavy atom. The Bertz CT molecular complexity index is 556. The van der Waals surface area contributed by atoms with Crippen LogP contribution in [0.5, 0.6) is 0 Å². The molecule has 2 saturated heterocycles. The number of carbonyl (C=O) groups excluding carboxylic acids is 1. The summed E-state index contributed by atoms with van der Waals surface area (Å²) < 4.78 is 4.67. The van der Waals surface area contributed by atoms with Gasteiger partial charge in [0, 0.05) is 31.2 Å². The molecule has 2 fully saturated rings. The van der Waals surface area contributed by atoms with Crippen LogP contribution in [0.2, 0.25) is 0 Å². The molecule has 0 aromatic carbocycles. The van der Waals surface area contributed by atoms with E-state index < -0.39 is 5.97 Å². The van der Waals surface area contributed by atoms with Gasteiger partial charge in [0.2, 0.25) is 5.76 Å². The lowest BCUT2D eigenvalue weighted by Crippen LogP contribution is -2.60. The van der Waals surface area contributed by atoms with Crippen molar-refractivity contribution >= 4 is 11.9 Å². The highest BCUT2D eigenvalue weighted by atomic mass is 16.5. The number of rotatable bonds is 2. The standard InChI is InChI=1S/C14H19N3O4/c1-9-7-16-5-3-2-4-10(16)8-17(9)13(18)11-6-12(14(19)20)21-15-11/h6,9-10H,2-5,7-8H2,1H3,(H,19,20). The van der Waals surface area contributed by atoms with Gasteiger partial charge in [-0.3, -0.25) is 9.69 Å². The molecule has 1 amide bonds. The van der Waals surface area contributed by atoms with E-state index in [0.29, 0.717) is 12.6 Å². The molecule has 1 aromatic rings. The zero-order valence-electron chi connectivity index (χ0n) is 12.0. The van der Waals surface area contributed by atoms with Gasteiger partial charge in [0.15, 0.2) is 5.69 Å². The van der Waals surface area contributed by atoms with Crippen molar-refractivity contribution in [2.24, 2.45) is 0 Å². The van der Waals surface area contributed by atoms with Crippen molar-refractivity contribution in [3.8, 4) is 0 Å². The average Bonchev–Trinajstić information content (AvgIpc) is 2.96. The van der Waals surface area contributed by atoms with Crippen LogP contribution in [-0.2, 0) is 0 Å². The topological polar surface area (TPSA) is 86.9 Å². The van der Waals surface area contributed by atoms with Crippen LogP contribution in [0.25, 0.3) is 0 Å². The lowest BCUT2D eigenvalue weighted by atomic mass is 9.97. The maximum atomic E-state index is 12.5. The van der Waals surface area contributed by atoms with E-state index >= 15 is 0 Å². The maximum Gasteiger partial charge on any atom is 0.374 e. The van der Waals surface area contributed by atoms with Gasteiger partial charge in [0.1, 0.15) is 0 Å². The number of aromatic carboxylic acids is 1. The summed E-state index contributed by atoms with van der Waals surface area (Å²) >= 11 is 0. The minimum Gasteiger partial charge on any atom is -0.475 e. The quantitative estimate of drug-likeness (QED) is 0.877. The first-order valence-corrected chi connectivity index (χ1v) is 7.31. The molecular weight excluding hydrogens is 274 g/mol. The fourth-order valence-electron chi connectivity index (χ4n) is 3.26. The van der Waals surface area contributed by atoms with E-state index in [0.717, 1.165) is 19.5 Å². The third-order valence-corrected chi connectivity index (χ3v) is 4.39. The van der Waals surface area contributed by atoms with Gasteiger partial charge in [-0.05, 0) is 26.3 Å². The predicted molar refractivity (Wildman–Crippen MR) is 73.2 cm³/mol. The highest BCUT2D eigenvalue weighted by Crippen LogP contribution is 2.25. The molecule has 21 heavy (non-hydrogen) atoms. The summed E-state index contributed by atoms with van der Waals surface area (Å²) in [6, 6.07) is 1.70. The molecule has 0 bridgehead atoms. The number of carboxylic acids is 1. The molecule has 1 aromatic heterocycles. The molecule has 3 heterocycles. The molecule has 0 aliphatic carbocycles. The number of aromatic nitrogens is 1. The van der Waals surface area contributed by atoms with Gasteiger partial charge in [0.05, 0.1) is 0 Å². The van der Waals surface area contributed by atoms with E-state index in [4.69, 9.17) is 5.11 Å². The van der Waals surface area contributed by atoms with E-state index in [1.54, 1.807) is 4.90 Å². The summed E-state index contributed by atoms with van der Waals surface area (Å²) in [6.07, 6.45) is 3.53. The lowest BCUT2D eigenvalue weighted by Gasteiger charge is -2.47. The fraction of sp³-hybridized carbons (Fsp3) is 0.643. The number of carbonyl (C=O) groups is 2. The Hall–Kier alpha value is -1.89. The molecule has 7 heteroatoms. The zero-order valence-corrected chi connectivity index (χ0v) is 12.0. The number of amides is 1. The van der Waals surface area contributed by atoms with E-state index in [1.807, 2.05) is 6.92 Å². The highest BCUT2D eigenvalue weighted by Gasteiger charge is 2.36. The summed E-state index contributed by atoms with van der Waals surface area (Å²) in [5.74, 6) is -1.77. The van der Waals surface area contributed by atoms with Crippen molar-refractivity contribution in [3.05, 3.63) is 17.5 Å². The van der Waals surface area contributed by atoms with Crippen molar-refractivity contribution < 1.29 is 19.2 Å². The molecule has 2 unspecified atom stereocenters. The van der Waals surface area contributed by atoms with Crippen LogP contribution in [0.15, 0.2) is 10.6 Å². The van der Waals surface area contributed by atoms with Crippen LogP contribution in [0.3, 0.4) is 0 Å². The Balaban J connectivity index is 1.75. The van der Waals surface area contributed by atoms with E-state index in [9.17, 15) is 9.59 Å². The van der Waals surface area contributed by atoms with Crippen molar-refractivity contribution in [1.82, 2.24) is 15.0 Å². The Morgan fingerprint density at radius 2 is 2.19 bits per heavy atom. The number of piperazine rings is 1. The first-order chi connectivity index (χ1) is 10.1. The van der Waals surface area contributed by atoms with Gasteiger partial charge >= 0.3 is 5.97 Å². The fourth-order valence-corrected chi connectivity index (χ4v) is 3.26. The molecule has 7 nitrogen and oxygen atoms in total. The maximum absolute atomic E-state index is 12.5. The van der Waals surface area contributed by atoms with Gasteiger partial charge < -0.3 is 14.5 Å². The summed E-state index contributed by atoms with van der Waals surface area (Å²) in [6.45, 7) is 4.65. The third-order valence-electron chi connectivity index (χ3n) is 4.39. The van der Waals surface area contributed by atoms with Crippen LogP contribution in [0, 0.1) is 0 Å². The zero-order chi connectivity index (χ0) is 15.0. The van der Waals surface area contributed by atoms with Crippen molar-refractivity contribution in [1.29, 1.82) is 0 Å². The number of hydrogen-bond acceptors (Lipinski definition) is 5. The molecule has 3 rings (SSSR count). The van der Waals surface area contributed by atoms with Crippen LogP contribution in [-0.4, -0.2) is 63.7 Å². The molecule has 0 spiro atoms. The van der Waals surface area contributed by atoms with Crippen molar-refractivity contribution in [3.63, 3.8) is 0 Å². The molecule has 1 N–H and O–H groups in total. The first kappa shape index (κ1) is 14.1. The summed E-state index contributed by atoms with van der Waals surface area (Å²) in [5.41, 5.74) is 0.0727. The second kappa shape index (κ2) is 5.48. The van der Waals surface area contributed by atoms with Gasteiger partial charge in [-0.2, -0.15) is 0 Å². The Morgan fingerprint density at radius 3 is 2.90 bits per heavy atom. The van der Waals surface area contributed by atoms with Gasteiger partial charge in [-0.15, -0.1) is 0 Å².